The summed E-state index contributed by atoms with van der Waals surface area (Å²) < 4.78 is 0. The van der Waals surface area contributed by atoms with E-state index < -0.39 is 0 Å². The van der Waals surface area contributed by atoms with Crippen molar-refractivity contribution in [3.8, 4) is 0 Å². The van der Waals surface area contributed by atoms with Crippen molar-refractivity contribution in [1.29, 1.82) is 0 Å². The lowest BCUT2D eigenvalue weighted by atomic mass is 9.73. The molecular weight excluding hydrogens is 210 g/mol. The van der Waals surface area contributed by atoms with Gasteiger partial charge in [-0.2, -0.15) is 0 Å². The number of hydrogen-bond donors (Lipinski definition) is 1. The summed E-state index contributed by atoms with van der Waals surface area (Å²) in [4.78, 5) is 5.07. The molecule has 2 heterocycles. The molecule has 0 bridgehead atoms. The third-order valence-corrected chi connectivity index (χ3v) is 4.07. The van der Waals surface area contributed by atoms with Gasteiger partial charge in [0.05, 0.1) is 0 Å². The van der Waals surface area contributed by atoms with E-state index in [1.54, 1.807) is 0 Å². The van der Waals surface area contributed by atoms with Gasteiger partial charge >= 0.3 is 0 Å². The Labute approximate surface area is 103 Å². The second-order valence-electron chi connectivity index (χ2n) is 5.69. The molecule has 17 heavy (non-hydrogen) atoms. The topological polar surface area (TPSA) is 32.5 Å². The zero-order chi connectivity index (χ0) is 11.9. The molecule has 0 radical (unpaired) electrons. The second kappa shape index (κ2) is 4.00. The number of benzene rings is 1. The third-order valence-electron chi connectivity index (χ3n) is 4.07. The fourth-order valence-corrected chi connectivity index (χ4v) is 3.22. The van der Waals surface area contributed by atoms with Gasteiger partial charge in [-0.1, -0.05) is 19.1 Å². The summed E-state index contributed by atoms with van der Waals surface area (Å²) in [6.07, 6.45) is 0. The molecule has 1 aromatic rings. The van der Waals surface area contributed by atoms with Crippen LogP contribution >= 0.6 is 0 Å². The average molecular weight is 231 g/mol. The predicted molar refractivity (Wildman–Crippen MR) is 70.7 cm³/mol. The molecule has 2 aliphatic heterocycles. The number of nitrogen functional groups attached to an aromatic ring is 1. The number of anilines is 1. The predicted octanol–water partition coefficient (Wildman–Crippen LogP) is 1.41. The Morgan fingerprint density at radius 3 is 2.24 bits per heavy atom. The summed E-state index contributed by atoms with van der Waals surface area (Å²) in [6.45, 7) is 9.69. The molecule has 2 N–H and O–H groups in total. The van der Waals surface area contributed by atoms with Crippen LogP contribution < -0.4 is 5.73 Å². The van der Waals surface area contributed by atoms with Crippen molar-refractivity contribution in [2.45, 2.75) is 13.5 Å². The number of nitrogens with zero attached hydrogens (tertiary/aromatic N) is 2. The van der Waals surface area contributed by atoms with Crippen molar-refractivity contribution in [2.24, 2.45) is 5.41 Å². The van der Waals surface area contributed by atoms with Crippen molar-refractivity contribution >= 4 is 5.69 Å². The lowest BCUT2D eigenvalue weighted by molar-refractivity contribution is -0.115. The summed E-state index contributed by atoms with van der Waals surface area (Å²) in [5.41, 5.74) is 8.56. The summed E-state index contributed by atoms with van der Waals surface area (Å²) in [7, 11) is 0. The second-order valence-corrected chi connectivity index (χ2v) is 5.69. The fraction of sp³-hybridized carbons (Fsp3) is 0.571. The summed E-state index contributed by atoms with van der Waals surface area (Å²) in [5.74, 6) is 0. The van der Waals surface area contributed by atoms with E-state index >= 15 is 0 Å². The number of likely N-dealkylation sites (tertiary alicyclic amines) is 2. The Morgan fingerprint density at radius 2 is 1.65 bits per heavy atom. The van der Waals surface area contributed by atoms with Gasteiger partial charge in [-0.3, -0.25) is 4.90 Å². The summed E-state index contributed by atoms with van der Waals surface area (Å²) in [5, 5.41) is 0. The highest BCUT2D eigenvalue weighted by Crippen LogP contribution is 2.39. The van der Waals surface area contributed by atoms with Gasteiger partial charge in [0, 0.05) is 43.8 Å². The lowest BCUT2D eigenvalue weighted by Gasteiger charge is -2.60. The first-order valence-corrected chi connectivity index (χ1v) is 6.48. The Morgan fingerprint density at radius 1 is 1.06 bits per heavy atom. The van der Waals surface area contributed by atoms with Crippen LogP contribution in [0.3, 0.4) is 0 Å². The van der Waals surface area contributed by atoms with Gasteiger partial charge < -0.3 is 10.6 Å². The van der Waals surface area contributed by atoms with Crippen LogP contribution in [0.15, 0.2) is 24.3 Å². The van der Waals surface area contributed by atoms with Gasteiger partial charge in [0.1, 0.15) is 0 Å². The third kappa shape index (κ3) is 2.05. The minimum atomic E-state index is 0.643. The van der Waals surface area contributed by atoms with E-state index in [4.69, 9.17) is 5.73 Å². The van der Waals surface area contributed by atoms with Crippen molar-refractivity contribution in [1.82, 2.24) is 9.80 Å². The minimum Gasteiger partial charge on any atom is -0.399 e. The Balaban J connectivity index is 1.49. The summed E-state index contributed by atoms with van der Waals surface area (Å²) >= 11 is 0. The van der Waals surface area contributed by atoms with Gasteiger partial charge in [-0.15, -0.1) is 0 Å². The molecule has 2 saturated heterocycles. The van der Waals surface area contributed by atoms with Crippen LogP contribution in [-0.2, 0) is 6.54 Å². The SMILES string of the molecule is CCN1CC2(C1)CN(Cc1ccc(N)cc1)C2. The van der Waals surface area contributed by atoms with Gasteiger partial charge in [-0.05, 0) is 24.2 Å². The van der Waals surface area contributed by atoms with Gasteiger partial charge in [0.2, 0.25) is 0 Å². The lowest BCUT2D eigenvalue weighted by Crippen LogP contribution is -2.71. The van der Waals surface area contributed by atoms with Crippen molar-refractivity contribution in [3.05, 3.63) is 29.8 Å². The normalized spacial score (nSPS) is 23.4. The van der Waals surface area contributed by atoms with E-state index in [0.717, 1.165) is 12.2 Å². The monoisotopic (exact) mass is 231 g/mol. The molecule has 1 spiro atoms. The highest BCUT2D eigenvalue weighted by molar-refractivity contribution is 5.39. The van der Waals surface area contributed by atoms with E-state index in [1.807, 2.05) is 12.1 Å². The maximum atomic E-state index is 5.69. The van der Waals surface area contributed by atoms with Crippen LogP contribution in [0.2, 0.25) is 0 Å². The molecule has 2 aliphatic rings. The van der Waals surface area contributed by atoms with Crippen LogP contribution in [0.25, 0.3) is 0 Å². The molecule has 2 fully saturated rings. The van der Waals surface area contributed by atoms with Gasteiger partial charge in [0.25, 0.3) is 0 Å². The standard InChI is InChI=1S/C14H21N3/c1-2-16-8-14(9-16)10-17(11-14)7-12-3-5-13(15)6-4-12/h3-6H,2,7-11,15H2,1H3. The van der Waals surface area contributed by atoms with Crippen molar-refractivity contribution in [3.63, 3.8) is 0 Å². The molecule has 0 saturated carbocycles. The zero-order valence-electron chi connectivity index (χ0n) is 10.5. The van der Waals surface area contributed by atoms with E-state index in [2.05, 4.69) is 28.9 Å². The highest BCUT2D eigenvalue weighted by atomic mass is 15.3. The zero-order valence-corrected chi connectivity index (χ0v) is 10.5. The van der Waals surface area contributed by atoms with Crippen LogP contribution in [0.5, 0.6) is 0 Å². The first kappa shape index (κ1) is 11.1. The molecule has 3 rings (SSSR count). The van der Waals surface area contributed by atoms with E-state index in [0.29, 0.717) is 5.41 Å². The molecule has 0 atom stereocenters. The number of nitrogens with two attached hydrogens (primary N) is 1. The van der Waals surface area contributed by atoms with Crippen LogP contribution in [-0.4, -0.2) is 42.5 Å². The molecule has 0 unspecified atom stereocenters. The van der Waals surface area contributed by atoms with Crippen LogP contribution in [0, 0.1) is 5.41 Å². The molecule has 92 valence electrons. The largest absolute Gasteiger partial charge is 0.399 e. The molecule has 3 nitrogen and oxygen atoms in total. The average Bonchev–Trinajstić information content (AvgIpc) is 2.22. The smallest absolute Gasteiger partial charge is 0.0314 e. The first-order valence-electron chi connectivity index (χ1n) is 6.48. The van der Waals surface area contributed by atoms with Gasteiger partial charge in [-0.25, -0.2) is 0 Å². The Kier molecular flexibility index (Phi) is 2.60. The molecule has 0 aliphatic carbocycles. The first-order chi connectivity index (χ1) is 8.19. The van der Waals surface area contributed by atoms with E-state index in [9.17, 15) is 0 Å². The molecular formula is C14H21N3. The Hall–Kier alpha value is -1.06. The molecule has 1 aromatic carbocycles. The molecule has 0 amide bonds. The minimum absolute atomic E-state index is 0.643. The van der Waals surface area contributed by atoms with Crippen molar-refractivity contribution in [2.75, 3.05) is 38.5 Å². The van der Waals surface area contributed by atoms with Crippen LogP contribution in [0.4, 0.5) is 5.69 Å². The maximum Gasteiger partial charge on any atom is 0.0314 e. The van der Waals surface area contributed by atoms with Crippen molar-refractivity contribution < 1.29 is 0 Å². The van der Waals surface area contributed by atoms with E-state index in [-0.39, 0.29) is 0 Å². The number of rotatable bonds is 3. The molecule has 0 aromatic heterocycles. The highest BCUT2D eigenvalue weighted by Gasteiger charge is 2.50. The Bertz CT molecular complexity index is 384. The fourth-order valence-electron chi connectivity index (χ4n) is 3.22. The van der Waals surface area contributed by atoms with E-state index in [1.165, 1.54) is 38.3 Å². The maximum absolute atomic E-state index is 5.69. The molecule has 3 heteroatoms. The quantitative estimate of drug-likeness (QED) is 0.798. The van der Waals surface area contributed by atoms with Crippen LogP contribution in [0.1, 0.15) is 12.5 Å². The summed E-state index contributed by atoms with van der Waals surface area (Å²) in [6, 6.07) is 8.26. The van der Waals surface area contributed by atoms with Gasteiger partial charge in [0.15, 0.2) is 0 Å². The number of hydrogen-bond acceptors (Lipinski definition) is 3.